The van der Waals surface area contributed by atoms with E-state index in [9.17, 15) is 13.2 Å². The van der Waals surface area contributed by atoms with E-state index in [4.69, 9.17) is 0 Å². The third-order valence-electron chi connectivity index (χ3n) is 3.84. The van der Waals surface area contributed by atoms with Crippen molar-refractivity contribution in [3.63, 3.8) is 0 Å². The molecule has 1 fully saturated rings. The number of carbonyl (C=O) groups excluding carboxylic acids is 1. The van der Waals surface area contributed by atoms with E-state index in [0.29, 0.717) is 5.56 Å². The van der Waals surface area contributed by atoms with Crippen LogP contribution >= 0.6 is 0 Å². The highest BCUT2D eigenvalue weighted by Crippen LogP contribution is 2.37. The summed E-state index contributed by atoms with van der Waals surface area (Å²) in [6.07, 6.45) is 2.73. The topological polar surface area (TPSA) is 63.2 Å². The number of hydrogen-bond acceptors (Lipinski definition) is 3. The second-order valence-corrected chi connectivity index (χ2v) is 8.02. The quantitative estimate of drug-likeness (QED) is 0.869. The maximum atomic E-state index is 12.4. The Labute approximate surface area is 120 Å². The van der Waals surface area contributed by atoms with Gasteiger partial charge in [0.25, 0.3) is 0 Å². The van der Waals surface area contributed by atoms with E-state index >= 15 is 0 Å². The van der Waals surface area contributed by atoms with Crippen molar-refractivity contribution in [2.24, 2.45) is 5.41 Å². The summed E-state index contributed by atoms with van der Waals surface area (Å²) in [7, 11) is -3.55. The molecule has 1 aliphatic rings. The Kier molecular flexibility index (Phi) is 4.02. The fourth-order valence-corrected chi connectivity index (χ4v) is 4.02. The molecule has 5 heteroatoms. The summed E-state index contributed by atoms with van der Waals surface area (Å²) in [5, 5.41) is 0. The van der Waals surface area contributed by atoms with Crippen molar-refractivity contribution in [1.82, 2.24) is 4.72 Å². The summed E-state index contributed by atoms with van der Waals surface area (Å²) in [6.45, 7) is 5.73. The van der Waals surface area contributed by atoms with Gasteiger partial charge in [-0.2, -0.15) is 0 Å². The second-order valence-electron chi connectivity index (χ2n) is 6.31. The summed E-state index contributed by atoms with van der Waals surface area (Å²) in [6, 6.07) is 6.17. The zero-order valence-corrected chi connectivity index (χ0v) is 13.0. The molecule has 1 saturated carbocycles. The van der Waals surface area contributed by atoms with Gasteiger partial charge in [0.1, 0.15) is 0 Å². The van der Waals surface area contributed by atoms with Crippen molar-refractivity contribution >= 4 is 15.8 Å². The number of benzene rings is 1. The van der Waals surface area contributed by atoms with Crippen molar-refractivity contribution in [2.75, 3.05) is 0 Å². The summed E-state index contributed by atoms with van der Waals surface area (Å²) in [5.41, 5.74) is 0.605. The van der Waals surface area contributed by atoms with Crippen molar-refractivity contribution in [2.45, 2.75) is 51.0 Å². The molecule has 1 aromatic carbocycles. The normalized spacial score (nSPS) is 21.9. The van der Waals surface area contributed by atoms with E-state index in [1.54, 1.807) is 12.1 Å². The Morgan fingerprint density at radius 2 is 2.05 bits per heavy atom. The fraction of sp³-hybridized carbons (Fsp3) is 0.533. The Bertz CT molecular complexity index is 620. The monoisotopic (exact) mass is 295 g/mol. The minimum atomic E-state index is -3.55. The molecular weight excluding hydrogens is 274 g/mol. The van der Waals surface area contributed by atoms with Crippen LogP contribution in [0.15, 0.2) is 29.2 Å². The van der Waals surface area contributed by atoms with Gasteiger partial charge in [0.15, 0.2) is 5.78 Å². The van der Waals surface area contributed by atoms with E-state index in [0.717, 1.165) is 19.3 Å². The van der Waals surface area contributed by atoms with Crippen molar-refractivity contribution < 1.29 is 13.2 Å². The van der Waals surface area contributed by atoms with Gasteiger partial charge in [0, 0.05) is 11.6 Å². The molecule has 0 aliphatic heterocycles. The molecule has 1 aromatic rings. The fourth-order valence-electron chi connectivity index (χ4n) is 2.71. The molecule has 110 valence electrons. The highest BCUT2D eigenvalue weighted by Gasteiger charge is 2.33. The number of Topliss-reactive ketones (excluding diaryl/α,β-unsaturated/α-hetero) is 1. The van der Waals surface area contributed by atoms with Crippen LogP contribution in [0.2, 0.25) is 0 Å². The van der Waals surface area contributed by atoms with Crippen LogP contribution in [0.1, 0.15) is 50.4 Å². The molecule has 0 amide bonds. The van der Waals surface area contributed by atoms with Crippen molar-refractivity contribution in [3.05, 3.63) is 29.8 Å². The predicted octanol–water partition coefficient (Wildman–Crippen LogP) is 2.75. The molecule has 1 atom stereocenters. The van der Waals surface area contributed by atoms with Gasteiger partial charge >= 0.3 is 0 Å². The summed E-state index contributed by atoms with van der Waals surface area (Å²) in [4.78, 5) is 11.5. The molecule has 0 bridgehead atoms. The number of nitrogens with one attached hydrogen (secondary N) is 1. The van der Waals surface area contributed by atoms with Gasteiger partial charge in [-0.05, 0) is 43.7 Å². The van der Waals surface area contributed by atoms with Gasteiger partial charge in [-0.1, -0.05) is 26.0 Å². The first-order chi connectivity index (χ1) is 9.20. The zero-order valence-electron chi connectivity index (χ0n) is 12.1. The molecule has 1 aliphatic carbocycles. The van der Waals surface area contributed by atoms with Crippen LogP contribution in [-0.4, -0.2) is 20.2 Å². The minimum absolute atomic E-state index is 0.0176. The van der Waals surface area contributed by atoms with Crippen LogP contribution in [0.4, 0.5) is 0 Å². The lowest BCUT2D eigenvalue weighted by Crippen LogP contribution is -2.33. The van der Waals surface area contributed by atoms with E-state index in [1.165, 1.54) is 19.1 Å². The van der Waals surface area contributed by atoms with Gasteiger partial charge in [0.2, 0.25) is 10.0 Å². The number of sulfonamides is 1. The third kappa shape index (κ3) is 3.46. The Hall–Kier alpha value is -1.20. The van der Waals surface area contributed by atoms with Gasteiger partial charge in [-0.25, -0.2) is 13.1 Å². The Balaban J connectivity index is 2.19. The van der Waals surface area contributed by atoms with Gasteiger partial charge in [-0.15, -0.1) is 0 Å². The van der Waals surface area contributed by atoms with E-state index < -0.39 is 10.0 Å². The summed E-state index contributed by atoms with van der Waals surface area (Å²) >= 11 is 0. The zero-order chi connectivity index (χ0) is 15.0. The molecule has 4 nitrogen and oxygen atoms in total. The molecule has 20 heavy (non-hydrogen) atoms. The first kappa shape index (κ1) is 15.2. The SMILES string of the molecule is CC(=O)c1cccc(S(=O)(=O)NC2CCC(C)(C)C2)c1. The van der Waals surface area contributed by atoms with Crippen molar-refractivity contribution in [1.29, 1.82) is 0 Å². The minimum Gasteiger partial charge on any atom is -0.295 e. The lowest BCUT2D eigenvalue weighted by Gasteiger charge is -2.18. The maximum absolute atomic E-state index is 12.4. The number of hydrogen-bond donors (Lipinski definition) is 1. The number of carbonyl (C=O) groups is 1. The van der Waals surface area contributed by atoms with Crippen molar-refractivity contribution in [3.8, 4) is 0 Å². The molecule has 1 unspecified atom stereocenters. The average molecular weight is 295 g/mol. The van der Waals surface area contributed by atoms with Crippen LogP contribution in [0.3, 0.4) is 0 Å². The molecule has 0 spiro atoms. The highest BCUT2D eigenvalue weighted by atomic mass is 32.2. The average Bonchev–Trinajstić information content (AvgIpc) is 2.68. The number of rotatable bonds is 4. The molecule has 0 heterocycles. The van der Waals surface area contributed by atoms with E-state index in [1.807, 2.05) is 0 Å². The number of ketones is 1. The second kappa shape index (κ2) is 5.30. The third-order valence-corrected chi connectivity index (χ3v) is 5.36. The first-order valence-electron chi connectivity index (χ1n) is 6.83. The molecular formula is C15H21NO3S. The van der Waals surface area contributed by atoms with Crippen LogP contribution < -0.4 is 4.72 Å². The Morgan fingerprint density at radius 1 is 1.35 bits per heavy atom. The van der Waals surface area contributed by atoms with Gasteiger partial charge in [0.05, 0.1) is 4.90 Å². The molecule has 0 saturated heterocycles. The molecule has 2 rings (SSSR count). The lowest BCUT2D eigenvalue weighted by molar-refractivity contribution is 0.101. The van der Waals surface area contributed by atoms with Crippen LogP contribution in [0, 0.1) is 5.41 Å². The van der Waals surface area contributed by atoms with Crippen LogP contribution in [0.25, 0.3) is 0 Å². The van der Waals surface area contributed by atoms with Gasteiger partial charge < -0.3 is 0 Å². The predicted molar refractivity (Wildman–Crippen MR) is 78.2 cm³/mol. The highest BCUT2D eigenvalue weighted by molar-refractivity contribution is 7.89. The van der Waals surface area contributed by atoms with Crippen LogP contribution in [0.5, 0.6) is 0 Å². The molecule has 0 aromatic heterocycles. The first-order valence-corrected chi connectivity index (χ1v) is 8.31. The van der Waals surface area contributed by atoms with E-state index in [-0.39, 0.29) is 22.1 Å². The lowest BCUT2D eigenvalue weighted by atomic mass is 9.92. The standard InChI is InChI=1S/C15H21NO3S/c1-11(17)12-5-4-6-14(9-12)20(18,19)16-13-7-8-15(2,3)10-13/h4-6,9,13,16H,7-8,10H2,1-3H3. The smallest absolute Gasteiger partial charge is 0.240 e. The summed E-state index contributed by atoms with van der Waals surface area (Å²) in [5.74, 6) is -0.135. The van der Waals surface area contributed by atoms with Crippen LogP contribution in [-0.2, 0) is 10.0 Å². The largest absolute Gasteiger partial charge is 0.295 e. The molecule has 1 N–H and O–H groups in total. The molecule has 0 radical (unpaired) electrons. The van der Waals surface area contributed by atoms with E-state index in [2.05, 4.69) is 18.6 Å². The summed E-state index contributed by atoms with van der Waals surface area (Å²) < 4.78 is 27.5. The van der Waals surface area contributed by atoms with Gasteiger partial charge in [-0.3, -0.25) is 4.79 Å². The Morgan fingerprint density at radius 3 is 2.60 bits per heavy atom. The maximum Gasteiger partial charge on any atom is 0.240 e.